The number of carbonyl (C=O) groups excluding carboxylic acids is 2. The lowest BCUT2D eigenvalue weighted by Gasteiger charge is -2.33. The van der Waals surface area contributed by atoms with Crippen molar-refractivity contribution in [2.24, 2.45) is 17.8 Å². The zero-order chi connectivity index (χ0) is 24.3. The normalized spacial score (nSPS) is 27.4. The number of ether oxygens (including phenoxy) is 1. The highest BCUT2D eigenvalue weighted by Gasteiger charge is 2.31. The summed E-state index contributed by atoms with van der Waals surface area (Å²) in [6.45, 7) is 4.81. The second-order valence-electron chi connectivity index (χ2n) is 10.1. The monoisotopic (exact) mass is 491 g/mol. The maximum Gasteiger partial charge on any atom is 0.240 e. The second-order valence-corrected chi connectivity index (χ2v) is 11.9. The fourth-order valence-corrected chi connectivity index (χ4v) is 6.60. The van der Waals surface area contributed by atoms with Crippen molar-refractivity contribution in [3.63, 3.8) is 0 Å². The summed E-state index contributed by atoms with van der Waals surface area (Å²) in [5.41, 5.74) is 0.487. The summed E-state index contributed by atoms with van der Waals surface area (Å²) in [4.78, 5) is 26.3. The van der Waals surface area contributed by atoms with Crippen molar-refractivity contribution in [3.05, 3.63) is 18.2 Å². The molecule has 0 saturated heterocycles. The van der Waals surface area contributed by atoms with Crippen molar-refractivity contribution in [3.8, 4) is 5.75 Å². The predicted molar refractivity (Wildman–Crippen MR) is 130 cm³/mol. The van der Waals surface area contributed by atoms with Crippen LogP contribution in [-0.4, -0.2) is 46.0 Å². The lowest BCUT2D eigenvalue weighted by molar-refractivity contribution is -0.127. The molecule has 8 nitrogen and oxygen atoms in total. The van der Waals surface area contributed by atoms with Crippen molar-refractivity contribution in [1.29, 1.82) is 0 Å². The van der Waals surface area contributed by atoms with Crippen molar-refractivity contribution in [1.82, 2.24) is 10.0 Å². The Hall–Kier alpha value is -2.13. The highest BCUT2D eigenvalue weighted by atomic mass is 32.2. The average Bonchev–Trinajstić information content (AvgIpc) is 2.83. The Morgan fingerprint density at radius 1 is 1.09 bits per heavy atom. The van der Waals surface area contributed by atoms with Gasteiger partial charge >= 0.3 is 0 Å². The number of rotatable bonds is 6. The van der Waals surface area contributed by atoms with Gasteiger partial charge in [-0.25, -0.2) is 13.1 Å². The topological polar surface area (TPSA) is 105 Å². The smallest absolute Gasteiger partial charge is 0.240 e. The van der Waals surface area contributed by atoms with E-state index in [1.165, 1.54) is 43.2 Å². The average molecular weight is 492 g/mol. The summed E-state index contributed by atoms with van der Waals surface area (Å²) < 4.78 is 34.2. The zero-order valence-electron chi connectivity index (χ0n) is 20.2. The first kappa shape index (κ1) is 25.0. The molecule has 2 aliphatic carbocycles. The molecule has 188 valence electrons. The molecule has 0 spiro atoms. The summed E-state index contributed by atoms with van der Waals surface area (Å²) in [5, 5.41) is 3.28. The lowest BCUT2D eigenvalue weighted by Crippen LogP contribution is -2.44. The largest absolute Gasteiger partial charge is 0.490 e. The number of carbonyl (C=O) groups is 2. The minimum absolute atomic E-state index is 0.0280. The molecule has 1 aromatic rings. The summed E-state index contributed by atoms with van der Waals surface area (Å²) in [5.74, 6) is 1.32. The molecule has 1 aliphatic heterocycles. The molecular weight excluding hydrogens is 454 g/mol. The van der Waals surface area contributed by atoms with Crippen LogP contribution in [0.15, 0.2) is 23.1 Å². The van der Waals surface area contributed by atoms with E-state index in [0.29, 0.717) is 43.1 Å². The Morgan fingerprint density at radius 3 is 2.53 bits per heavy atom. The van der Waals surface area contributed by atoms with Crippen molar-refractivity contribution >= 4 is 27.5 Å². The number of nitrogens with zero attached hydrogens (tertiary/aromatic N) is 1. The number of benzene rings is 1. The minimum atomic E-state index is -3.72. The number of fused-ring (bicyclic) bond motifs is 1. The van der Waals surface area contributed by atoms with E-state index < -0.39 is 10.0 Å². The maximum atomic E-state index is 12.9. The molecule has 0 bridgehead atoms. The van der Waals surface area contributed by atoms with Crippen LogP contribution in [0.25, 0.3) is 0 Å². The summed E-state index contributed by atoms with van der Waals surface area (Å²) in [6.07, 6.45) is 7.94. The highest BCUT2D eigenvalue weighted by Crippen LogP contribution is 2.34. The van der Waals surface area contributed by atoms with E-state index in [2.05, 4.69) is 17.0 Å². The molecule has 0 radical (unpaired) electrons. The van der Waals surface area contributed by atoms with Crippen molar-refractivity contribution < 1.29 is 22.7 Å². The first-order valence-electron chi connectivity index (χ1n) is 12.6. The molecule has 4 rings (SSSR count). The number of hydrogen-bond donors (Lipinski definition) is 2. The van der Waals surface area contributed by atoms with E-state index >= 15 is 0 Å². The standard InChI is InChI=1S/C25H37N3O5S/c1-17-5-3-4-6-22(17)27-25(30)20-9-7-19(8-10-20)16-26-34(31,32)21-11-12-24-23(15-21)28(18(2)29)13-14-33-24/h11-12,15,17,19-20,22,26H,3-10,13-14,16H2,1-2H3,(H,27,30)/t17-,19?,20?,22+/m0/s1. The fraction of sp³-hybridized carbons (Fsp3) is 0.680. The van der Waals surface area contributed by atoms with Crippen molar-refractivity contribution in [2.75, 3.05) is 24.6 Å². The molecule has 3 aliphatic rings. The Labute approximate surface area is 202 Å². The van der Waals surface area contributed by atoms with Crippen LogP contribution in [-0.2, 0) is 19.6 Å². The summed E-state index contributed by atoms with van der Waals surface area (Å²) in [6, 6.07) is 4.92. The Balaban J connectivity index is 1.29. The minimum Gasteiger partial charge on any atom is -0.490 e. The van der Waals surface area contributed by atoms with Crippen LogP contribution in [0.4, 0.5) is 5.69 Å². The Kier molecular flexibility index (Phi) is 7.82. The Bertz CT molecular complexity index is 1000. The van der Waals surface area contributed by atoms with Gasteiger partial charge < -0.3 is 15.0 Å². The van der Waals surface area contributed by atoms with Crippen LogP contribution < -0.4 is 19.7 Å². The SMILES string of the molecule is CC(=O)N1CCOc2ccc(S(=O)(=O)NCC3CCC(C(=O)N[C@@H]4CCCC[C@@H]4C)CC3)cc21. The molecule has 34 heavy (non-hydrogen) atoms. The number of anilines is 1. The molecule has 2 N–H and O–H groups in total. The van der Waals surface area contributed by atoms with Gasteiger partial charge in [0.2, 0.25) is 21.8 Å². The number of amides is 2. The zero-order valence-corrected chi connectivity index (χ0v) is 21.0. The summed E-state index contributed by atoms with van der Waals surface area (Å²) in [7, 11) is -3.72. The first-order chi connectivity index (χ1) is 16.2. The van der Waals surface area contributed by atoms with Crippen LogP contribution in [0.1, 0.15) is 65.2 Å². The van der Waals surface area contributed by atoms with Gasteiger partial charge in [-0.3, -0.25) is 9.59 Å². The highest BCUT2D eigenvalue weighted by molar-refractivity contribution is 7.89. The number of sulfonamides is 1. The van der Waals surface area contributed by atoms with Gasteiger partial charge in [0.05, 0.1) is 17.1 Å². The molecular formula is C25H37N3O5S. The van der Waals surface area contributed by atoms with Gasteiger partial charge in [0.1, 0.15) is 12.4 Å². The van der Waals surface area contributed by atoms with E-state index in [9.17, 15) is 18.0 Å². The lowest BCUT2D eigenvalue weighted by atomic mass is 9.80. The molecule has 1 heterocycles. The van der Waals surface area contributed by atoms with Gasteiger partial charge in [0.25, 0.3) is 0 Å². The second kappa shape index (κ2) is 10.6. The molecule has 2 amide bonds. The first-order valence-corrected chi connectivity index (χ1v) is 14.1. The predicted octanol–water partition coefficient (Wildman–Crippen LogP) is 3.21. The third kappa shape index (κ3) is 5.74. The maximum absolute atomic E-state index is 12.9. The van der Waals surface area contributed by atoms with Gasteiger partial charge in [-0.2, -0.15) is 0 Å². The molecule has 0 aromatic heterocycles. The fourth-order valence-electron chi connectivity index (χ4n) is 5.46. The van der Waals surface area contributed by atoms with Crippen LogP contribution >= 0.6 is 0 Å². The van der Waals surface area contributed by atoms with Crippen LogP contribution in [0, 0.1) is 17.8 Å². The van der Waals surface area contributed by atoms with E-state index in [4.69, 9.17) is 4.74 Å². The van der Waals surface area contributed by atoms with Gasteiger partial charge in [0, 0.05) is 25.4 Å². The van der Waals surface area contributed by atoms with Gasteiger partial charge in [-0.1, -0.05) is 19.8 Å². The third-order valence-corrected chi connectivity index (χ3v) is 9.12. The van der Waals surface area contributed by atoms with Crippen LogP contribution in [0.5, 0.6) is 5.75 Å². The molecule has 2 fully saturated rings. The molecule has 2 atom stereocenters. The third-order valence-electron chi connectivity index (χ3n) is 7.70. The molecule has 1 aromatic carbocycles. The molecule has 0 unspecified atom stereocenters. The molecule has 9 heteroatoms. The van der Waals surface area contributed by atoms with Gasteiger partial charge in [-0.05, 0) is 68.6 Å². The number of nitrogens with one attached hydrogen (secondary N) is 2. The van der Waals surface area contributed by atoms with Gasteiger partial charge in [0.15, 0.2) is 0 Å². The quantitative estimate of drug-likeness (QED) is 0.636. The Morgan fingerprint density at radius 2 is 1.82 bits per heavy atom. The van der Waals surface area contributed by atoms with Gasteiger partial charge in [-0.15, -0.1) is 0 Å². The van der Waals surface area contributed by atoms with Crippen LogP contribution in [0.2, 0.25) is 0 Å². The molecule has 2 saturated carbocycles. The van der Waals surface area contributed by atoms with Crippen molar-refractivity contribution in [2.45, 2.75) is 76.2 Å². The van der Waals surface area contributed by atoms with E-state index in [-0.39, 0.29) is 28.5 Å². The summed E-state index contributed by atoms with van der Waals surface area (Å²) >= 11 is 0. The van der Waals surface area contributed by atoms with E-state index in [0.717, 1.165) is 32.1 Å². The number of hydrogen-bond acceptors (Lipinski definition) is 5. The van der Waals surface area contributed by atoms with Crippen LogP contribution in [0.3, 0.4) is 0 Å². The van der Waals surface area contributed by atoms with E-state index in [1.54, 1.807) is 6.07 Å². The van der Waals surface area contributed by atoms with E-state index in [1.807, 2.05) is 0 Å².